The lowest BCUT2D eigenvalue weighted by Gasteiger charge is -1.96. The van der Waals surface area contributed by atoms with Crippen molar-refractivity contribution in [2.24, 2.45) is 7.05 Å². The van der Waals surface area contributed by atoms with Crippen molar-refractivity contribution in [3.8, 4) is 0 Å². The maximum Gasteiger partial charge on any atom is 0.336 e. The highest BCUT2D eigenvalue weighted by atomic mass is 32.1. The van der Waals surface area contributed by atoms with Gasteiger partial charge in [0.1, 0.15) is 11.2 Å². The zero-order valence-electron chi connectivity index (χ0n) is 10.9. The molecule has 0 fully saturated rings. The second-order valence-electron chi connectivity index (χ2n) is 4.33. The Morgan fingerprint density at radius 1 is 1.48 bits per heavy atom. The number of carbonyl (C=O) groups is 1. The van der Waals surface area contributed by atoms with Crippen molar-refractivity contribution >= 4 is 40.5 Å². The molecule has 0 bridgehead atoms. The Kier molecular flexibility index (Phi) is 3.15. The largest absolute Gasteiger partial charge is 0.478 e. The van der Waals surface area contributed by atoms with Crippen molar-refractivity contribution in [1.29, 1.82) is 0 Å². The molecule has 3 rings (SSSR count). The van der Waals surface area contributed by atoms with E-state index in [0.29, 0.717) is 16.9 Å². The van der Waals surface area contributed by atoms with Crippen LogP contribution in [0.15, 0.2) is 22.4 Å². The summed E-state index contributed by atoms with van der Waals surface area (Å²) in [6, 6.07) is 1.56. The van der Waals surface area contributed by atoms with E-state index in [1.165, 1.54) is 22.2 Å². The van der Waals surface area contributed by atoms with Crippen LogP contribution in [0.2, 0.25) is 0 Å². The molecule has 0 aromatic carbocycles. The van der Waals surface area contributed by atoms with Crippen LogP contribution in [-0.4, -0.2) is 30.8 Å². The van der Waals surface area contributed by atoms with E-state index in [2.05, 4.69) is 15.1 Å². The SMILES string of the molecule is Cn1ncc2c(=O)[nH]c(C=Cc3cc(C(=O)O)cs3)nc21. The van der Waals surface area contributed by atoms with Crippen LogP contribution in [0.3, 0.4) is 0 Å². The number of carboxylic acid groups (broad SMARTS) is 1. The number of aromatic carboxylic acids is 1. The van der Waals surface area contributed by atoms with E-state index < -0.39 is 5.97 Å². The van der Waals surface area contributed by atoms with Gasteiger partial charge >= 0.3 is 5.97 Å². The monoisotopic (exact) mass is 302 g/mol. The standard InChI is InChI=1S/C13H10N4O3S/c1-17-11-9(5-14-17)12(18)16-10(15-11)3-2-8-4-7(6-21-8)13(19)20/h2-6H,1H3,(H,19,20)(H,15,16,18). The summed E-state index contributed by atoms with van der Waals surface area (Å²) in [5.74, 6) is -0.574. The zero-order chi connectivity index (χ0) is 15.0. The van der Waals surface area contributed by atoms with Gasteiger partial charge in [-0.2, -0.15) is 5.10 Å². The first kappa shape index (κ1) is 13.3. The van der Waals surface area contributed by atoms with Crippen molar-refractivity contribution in [2.45, 2.75) is 0 Å². The molecular weight excluding hydrogens is 292 g/mol. The average Bonchev–Trinajstić information content (AvgIpc) is 3.05. The molecule has 0 atom stereocenters. The van der Waals surface area contributed by atoms with Crippen LogP contribution in [0.25, 0.3) is 23.2 Å². The van der Waals surface area contributed by atoms with Crippen molar-refractivity contribution in [3.63, 3.8) is 0 Å². The van der Waals surface area contributed by atoms with Crippen LogP contribution in [0.1, 0.15) is 21.1 Å². The summed E-state index contributed by atoms with van der Waals surface area (Å²) in [5.41, 5.74) is 0.476. The van der Waals surface area contributed by atoms with Gasteiger partial charge in [-0.15, -0.1) is 11.3 Å². The molecule has 0 spiro atoms. The number of rotatable bonds is 3. The third-order valence-electron chi connectivity index (χ3n) is 2.89. The molecule has 0 amide bonds. The van der Waals surface area contributed by atoms with Gasteiger partial charge in [0.2, 0.25) is 0 Å². The number of aryl methyl sites for hydroxylation is 1. The fraction of sp³-hybridized carbons (Fsp3) is 0.0769. The first-order chi connectivity index (χ1) is 10.0. The van der Waals surface area contributed by atoms with E-state index in [9.17, 15) is 9.59 Å². The number of hydrogen-bond acceptors (Lipinski definition) is 5. The number of nitrogens with one attached hydrogen (secondary N) is 1. The molecule has 0 radical (unpaired) electrons. The minimum Gasteiger partial charge on any atom is -0.478 e. The summed E-state index contributed by atoms with van der Waals surface area (Å²) >= 11 is 1.30. The van der Waals surface area contributed by atoms with E-state index in [1.54, 1.807) is 30.6 Å². The molecule has 7 nitrogen and oxygen atoms in total. The topological polar surface area (TPSA) is 101 Å². The van der Waals surface area contributed by atoms with Crippen molar-refractivity contribution in [2.75, 3.05) is 0 Å². The van der Waals surface area contributed by atoms with E-state index in [1.807, 2.05) is 0 Å². The lowest BCUT2D eigenvalue weighted by atomic mass is 10.3. The number of hydrogen-bond donors (Lipinski definition) is 2. The summed E-state index contributed by atoms with van der Waals surface area (Å²) in [5, 5.41) is 14.8. The van der Waals surface area contributed by atoms with Crippen molar-refractivity contribution in [3.05, 3.63) is 44.3 Å². The average molecular weight is 302 g/mol. The third kappa shape index (κ3) is 2.48. The van der Waals surface area contributed by atoms with Gasteiger partial charge < -0.3 is 10.1 Å². The molecule has 3 heterocycles. The molecule has 0 aliphatic rings. The molecule has 0 saturated carbocycles. The molecular formula is C13H10N4O3S. The fourth-order valence-electron chi connectivity index (χ4n) is 1.84. The van der Waals surface area contributed by atoms with Crippen LogP contribution >= 0.6 is 11.3 Å². The number of aromatic nitrogens is 4. The number of H-pyrrole nitrogens is 1. The molecule has 8 heteroatoms. The molecule has 106 valence electrons. The number of nitrogens with zero attached hydrogens (tertiary/aromatic N) is 3. The van der Waals surface area contributed by atoms with E-state index in [4.69, 9.17) is 5.11 Å². The summed E-state index contributed by atoms with van der Waals surface area (Å²) in [4.78, 5) is 30.4. The Morgan fingerprint density at radius 3 is 3.00 bits per heavy atom. The van der Waals surface area contributed by atoms with Gasteiger partial charge in [0.25, 0.3) is 5.56 Å². The Morgan fingerprint density at radius 2 is 2.29 bits per heavy atom. The molecule has 2 N–H and O–H groups in total. The predicted octanol–water partition coefficient (Wildman–Crippen LogP) is 1.59. The molecule has 0 aliphatic carbocycles. The second kappa shape index (κ2) is 4.98. The predicted molar refractivity (Wildman–Crippen MR) is 79.3 cm³/mol. The Hall–Kier alpha value is -2.74. The first-order valence-corrected chi connectivity index (χ1v) is 6.84. The molecule has 0 unspecified atom stereocenters. The number of fused-ring (bicyclic) bond motifs is 1. The van der Waals surface area contributed by atoms with Crippen LogP contribution in [0.4, 0.5) is 0 Å². The molecule has 21 heavy (non-hydrogen) atoms. The van der Waals surface area contributed by atoms with Crippen LogP contribution in [0, 0.1) is 0 Å². The minimum absolute atomic E-state index is 0.239. The Balaban J connectivity index is 1.96. The summed E-state index contributed by atoms with van der Waals surface area (Å²) < 4.78 is 1.52. The molecule has 3 aromatic heterocycles. The third-order valence-corrected chi connectivity index (χ3v) is 3.79. The summed E-state index contributed by atoms with van der Waals surface area (Å²) in [7, 11) is 1.71. The lowest BCUT2D eigenvalue weighted by Crippen LogP contribution is -2.09. The van der Waals surface area contributed by atoms with Gasteiger partial charge in [-0.05, 0) is 18.2 Å². The highest BCUT2D eigenvalue weighted by Gasteiger charge is 2.07. The Bertz CT molecular complexity index is 919. The van der Waals surface area contributed by atoms with Crippen LogP contribution in [-0.2, 0) is 7.05 Å². The molecule has 0 saturated heterocycles. The first-order valence-electron chi connectivity index (χ1n) is 5.96. The normalized spacial score (nSPS) is 11.5. The van der Waals surface area contributed by atoms with Crippen LogP contribution in [0.5, 0.6) is 0 Å². The van der Waals surface area contributed by atoms with Crippen LogP contribution < -0.4 is 5.56 Å². The summed E-state index contributed by atoms with van der Waals surface area (Å²) in [6.45, 7) is 0. The highest BCUT2D eigenvalue weighted by molar-refractivity contribution is 7.11. The second-order valence-corrected chi connectivity index (χ2v) is 5.28. The number of aromatic amines is 1. The smallest absolute Gasteiger partial charge is 0.336 e. The maximum atomic E-state index is 11.9. The van der Waals surface area contributed by atoms with Gasteiger partial charge in [0, 0.05) is 17.3 Å². The fourth-order valence-corrected chi connectivity index (χ4v) is 2.62. The van der Waals surface area contributed by atoms with E-state index >= 15 is 0 Å². The number of thiophene rings is 1. The van der Waals surface area contributed by atoms with Crippen molar-refractivity contribution < 1.29 is 9.90 Å². The highest BCUT2D eigenvalue weighted by Crippen LogP contribution is 2.17. The minimum atomic E-state index is -0.964. The summed E-state index contributed by atoms with van der Waals surface area (Å²) in [6.07, 6.45) is 4.80. The van der Waals surface area contributed by atoms with Gasteiger partial charge in [0.15, 0.2) is 5.65 Å². The maximum absolute atomic E-state index is 11.9. The number of carboxylic acids is 1. The van der Waals surface area contributed by atoms with Crippen molar-refractivity contribution in [1.82, 2.24) is 19.7 Å². The zero-order valence-corrected chi connectivity index (χ0v) is 11.7. The quantitative estimate of drug-likeness (QED) is 0.765. The van der Waals surface area contributed by atoms with Gasteiger partial charge in [-0.3, -0.25) is 9.48 Å². The van der Waals surface area contributed by atoms with Gasteiger partial charge in [-0.1, -0.05) is 0 Å². The Labute approximate surface area is 122 Å². The van der Waals surface area contributed by atoms with Gasteiger partial charge in [0.05, 0.1) is 11.8 Å². The molecule has 0 aliphatic heterocycles. The van der Waals surface area contributed by atoms with E-state index in [0.717, 1.165) is 4.88 Å². The van der Waals surface area contributed by atoms with E-state index in [-0.39, 0.29) is 11.1 Å². The van der Waals surface area contributed by atoms with Gasteiger partial charge in [-0.25, -0.2) is 9.78 Å². The molecule has 3 aromatic rings. The lowest BCUT2D eigenvalue weighted by molar-refractivity contribution is 0.0697.